The Morgan fingerprint density at radius 2 is 1.90 bits per heavy atom. The molecule has 0 bridgehead atoms. The van der Waals surface area contributed by atoms with Gasteiger partial charge in [-0.15, -0.1) is 0 Å². The minimum atomic E-state index is -0.327. The van der Waals surface area contributed by atoms with Crippen LogP contribution >= 0.6 is 15.9 Å². The fourth-order valence-electron chi connectivity index (χ4n) is 1.90. The molecule has 0 saturated heterocycles. The average molecular weight is 348 g/mol. The Balaban J connectivity index is 1.95. The highest BCUT2D eigenvalue weighted by atomic mass is 79.9. The lowest BCUT2D eigenvalue weighted by Gasteiger charge is -1.98. The molecule has 4 nitrogen and oxygen atoms in total. The molecule has 0 saturated carbocycles. The predicted octanol–water partition coefficient (Wildman–Crippen LogP) is 3.76. The summed E-state index contributed by atoms with van der Waals surface area (Å²) in [5.41, 5.74) is 8.07. The fourth-order valence-corrected chi connectivity index (χ4v) is 2.43. The molecule has 3 aromatic rings. The lowest BCUT2D eigenvalue weighted by atomic mass is 10.1. The summed E-state index contributed by atoms with van der Waals surface area (Å²) >= 11 is 3.29. The topological polar surface area (TPSA) is 64.9 Å². The molecule has 0 spiro atoms. The van der Waals surface area contributed by atoms with Crippen LogP contribution in [0, 0.1) is 5.82 Å². The second-order valence-corrected chi connectivity index (χ2v) is 5.30. The summed E-state index contributed by atoms with van der Waals surface area (Å²) in [6.07, 6.45) is 0. The van der Waals surface area contributed by atoms with E-state index in [1.165, 1.54) is 12.1 Å². The van der Waals surface area contributed by atoms with Crippen LogP contribution in [0.4, 0.5) is 4.39 Å². The standard InChI is InChI=1S/C15H11BrFN3O/c16-13-7-11(17)5-6-12(13)14-19-15(21-20-14)10-3-1-9(8-18)2-4-10/h1-7H,8,18H2. The lowest BCUT2D eigenvalue weighted by molar-refractivity contribution is 0.432. The van der Waals surface area contributed by atoms with E-state index >= 15 is 0 Å². The van der Waals surface area contributed by atoms with Gasteiger partial charge in [-0.3, -0.25) is 0 Å². The predicted molar refractivity (Wildman–Crippen MR) is 80.7 cm³/mol. The van der Waals surface area contributed by atoms with Crippen LogP contribution in [0.25, 0.3) is 22.8 Å². The van der Waals surface area contributed by atoms with E-state index in [2.05, 4.69) is 26.1 Å². The molecule has 0 radical (unpaired) electrons. The third kappa shape index (κ3) is 2.86. The molecule has 2 N–H and O–H groups in total. The Hall–Kier alpha value is -2.05. The smallest absolute Gasteiger partial charge is 0.258 e. The van der Waals surface area contributed by atoms with Gasteiger partial charge in [0.1, 0.15) is 5.82 Å². The van der Waals surface area contributed by atoms with Gasteiger partial charge in [0, 0.05) is 22.1 Å². The van der Waals surface area contributed by atoms with E-state index in [0.29, 0.717) is 28.3 Å². The highest BCUT2D eigenvalue weighted by molar-refractivity contribution is 9.10. The number of hydrogen-bond donors (Lipinski definition) is 1. The Kier molecular flexibility index (Phi) is 3.81. The molecular weight excluding hydrogens is 337 g/mol. The summed E-state index contributed by atoms with van der Waals surface area (Å²) in [4.78, 5) is 4.34. The Morgan fingerprint density at radius 3 is 2.57 bits per heavy atom. The number of nitrogens with two attached hydrogens (primary N) is 1. The van der Waals surface area contributed by atoms with Crippen molar-refractivity contribution in [3.05, 3.63) is 58.3 Å². The lowest BCUT2D eigenvalue weighted by Crippen LogP contribution is -1.95. The van der Waals surface area contributed by atoms with Gasteiger partial charge in [0.05, 0.1) is 0 Å². The first kappa shape index (κ1) is 13.9. The first-order valence-corrected chi connectivity index (χ1v) is 7.05. The van der Waals surface area contributed by atoms with Crippen LogP contribution in [0.5, 0.6) is 0 Å². The number of aromatic nitrogens is 2. The van der Waals surface area contributed by atoms with Gasteiger partial charge >= 0.3 is 0 Å². The van der Waals surface area contributed by atoms with Crippen LogP contribution in [-0.2, 0) is 6.54 Å². The number of halogens is 2. The van der Waals surface area contributed by atoms with Crippen molar-refractivity contribution in [3.8, 4) is 22.8 Å². The molecule has 6 heteroatoms. The first-order valence-electron chi connectivity index (χ1n) is 6.26. The third-order valence-corrected chi connectivity index (χ3v) is 3.69. The molecule has 3 rings (SSSR count). The van der Waals surface area contributed by atoms with Crippen LogP contribution in [0.3, 0.4) is 0 Å². The van der Waals surface area contributed by atoms with E-state index in [-0.39, 0.29) is 5.82 Å². The van der Waals surface area contributed by atoms with Crippen molar-refractivity contribution >= 4 is 15.9 Å². The molecule has 0 unspecified atom stereocenters. The largest absolute Gasteiger partial charge is 0.334 e. The normalized spacial score (nSPS) is 10.8. The molecule has 21 heavy (non-hydrogen) atoms. The number of rotatable bonds is 3. The molecule has 0 aliphatic carbocycles. The van der Waals surface area contributed by atoms with Gasteiger partial charge in [0.15, 0.2) is 0 Å². The van der Waals surface area contributed by atoms with Crippen molar-refractivity contribution in [2.45, 2.75) is 6.54 Å². The van der Waals surface area contributed by atoms with Gasteiger partial charge in [0.2, 0.25) is 5.82 Å². The molecule has 1 heterocycles. The van der Waals surface area contributed by atoms with E-state index in [1.807, 2.05) is 24.3 Å². The number of nitrogens with zero attached hydrogens (tertiary/aromatic N) is 2. The van der Waals surface area contributed by atoms with E-state index in [1.54, 1.807) is 6.07 Å². The summed E-state index contributed by atoms with van der Waals surface area (Å²) in [5, 5.41) is 3.93. The van der Waals surface area contributed by atoms with Gasteiger partial charge < -0.3 is 10.3 Å². The fraction of sp³-hybridized carbons (Fsp3) is 0.0667. The molecular formula is C15H11BrFN3O. The zero-order chi connectivity index (χ0) is 14.8. The Labute approximate surface area is 128 Å². The maximum atomic E-state index is 13.1. The van der Waals surface area contributed by atoms with Crippen molar-refractivity contribution in [1.82, 2.24) is 10.1 Å². The van der Waals surface area contributed by atoms with E-state index in [0.717, 1.165) is 11.1 Å². The van der Waals surface area contributed by atoms with Crippen LogP contribution < -0.4 is 5.73 Å². The van der Waals surface area contributed by atoms with Crippen molar-refractivity contribution in [2.75, 3.05) is 0 Å². The molecule has 0 amide bonds. The van der Waals surface area contributed by atoms with Gasteiger partial charge in [0.25, 0.3) is 5.89 Å². The Morgan fingerprint density at radius 1 is 1.14 bits per heavy atom. The maximum Gasteiger partial charge on any atom is 0.258 e. The van der Waals surface area contributed by atoms with Gasteiger partial charge in [-0.2, -0.15) is 4.98 Å². The van der Waals surface area contributed by atoms with Crippen LogP contribution in [0.2, 0.25) is 0 Å². The van der Waals surface area contributed by atoms with Crippen LogP contribution in [0.15, 0.2) is 51.5 Å². The van der Waals surface area contributed by atoms with Gasteiger partial charge in [-0.05, 0) is 51.8 Å². The molecule has 0 aliphatic rings. The molecule has 0 atom stereocenters. The highest BCUT2D eigenvalue weighted by Crippen LogP contribution is 2.28. The maximum absolute atomic E-state index is 13.1. The second-order valence-electron chi connectivity index (χ2n) is 4.45. The molecule has 1 aromatic heterocycles. The van der Waals surface area contributed by atoms with E-state index < -0.39 is 0 Å². The Bertz CT molecular complexity index is 771. The molecule has 106 valence electrons. The van der Waals surface area contributed by atoms with Crippen molar-refractivity contribution < 1.29 is 8.91 Å². The summed E-state index contributed by atoms with van der Waals surface area (Å²) in [6.45, 7) is 0.484. The zero-order valence-electron chi connectivity index (χ0n) is 10.9. The van der Waals surface area contributed by atoms with Crippen LogP contribution in [-0.4, -0.2) is 10.1 Å². The first-order chi connectivity index (χ1) is 10.2. The van der Waals surface area contributed by atoms with Crippen LogP contribution in [0.1, 0.15) is 5.56 Å². The zero-order valence-corrected chi connectivity index (χ0v) is 12.5. The molecule has 0 aliphatic heterocycles. The summed E-state index contributed by atoms with van der Waals surface area (Å²) in [6, 6.07) is 11.9. The third-order valence-electron chi connectivity index (χ3n) is 3.03. The second kappa shape index (κ2) is 5.75. The quantitative estimate of drug-likeness (QED) is 0.783. The highest BCUT2D eigenvalue weighted by Gasteiger charge is 2.13. The minimum absolute atomic E-state index is 0.327. The summed E-state index contributed by atoms with van der Waals surface area (Å²) < 4.78 is 18.9. The van der Waals surface area contributed by atoms with Crippen molar-refractivity contribution in [3.63, 3.8) is 0 Å². The van der Waals surface area contributed by atoms with Gasteiger partial charge in [-0.25, -0.2) is 4.39 Å². The average Bonchev–Trinajstić information content (AvgIpc) is 2.97. The van der Waals surface area contributed by atoms with Crippen molar-refractivity contribution in [1.29, 1.82) is 0 Å². The molecule has 2 aromatic carbocycles. The number of hydrogen-bond acceptors (Lipinski definition) is 4. The monoisotopic (exact) mass is 347 g/mol. The van der Waals surface area contributed by atoms with Crippen molar-refractivity contribution in [2.24, 2.45) is 5.73 Å². The minimum Gasteiger partial charge on any atom is -0.334 e. The summed E-state index contributed by atoms with van der Waals surface area (Å²) in [5.74, 6) is 0.483. The van der Waals surface area contributed by atoms with E-state index in [4.69, 9.17) is 10.3 Å². The van der Waals surface area contributed by atoms with Gasteiger partial charge in [-0.1, -0.05) is 17.3 Å². The number of benzene rings is 2. The molecule has 0 fully saturated rings. The SMILES string of the molecule is NCc1ccc(-c2nc(-c3ccc(F)cc3Br)no2)cc1. The van der Waals surface area contributed by atoms with E-state index in [9.17, 15) is 4.39 Å². The summed E-state index contributed by atoms with van der Waals surface area (Å²) in [7, 11) is 0.